The van der Waals surface area contributed by atoms with Crippen LogP contribution in [-0.4, -0.2) is 5.16 Å². The lowest BCUT2D eigenvalue weighted by Crippen LogP contribution is -1.88. The van der Waals surface area contributed by atoms with E-state index in [2.05, 4.69) is 5.16 Å². The Bertz CT molecular complexity index is 498. The van der Waals surface area contributed by atoms with E-state index in [0.717, 1.165) is 27.8 Å². The van der Waals surface area contributed by atoms with Gasteiger partial charge < -0.3 is 10.3 Å². The van der Waals surface area contributed by atoms with E-state index in [9.17, 15) is 0 Å². The quantitative estimate of drug-likeness (QED) is 0.673. The van der Waals surface area contributed by atoms with Crippen LogP contribution in [0.25, 0.3) is 0 Å². The first-order valence-corrected chi connectivity index (χ1v) is 6.11. The molecule has 5 heteroatoms. The number of hydrogen-bond acceptors (Lipinski definition) is 4. The van der Waals surface area contributed by atoms with E-state index in [1.165, 1.54) is 0 Å². The molecule has 0 saturated heterocycles. The highest BCUT2D eigenvalue weighted by Crippen LogP contribution is 2.30. The lowest BCUT2D eigenvalue weighted by atomic mass is 10.3. The van der Waals surface area contributed by atoms with Crippen LogP contribution in [0.2, 0.25) is 5.02 Å². The molecule has 0 atom stereocenters. The predicted molar refractivity (Wildman–Crippen MR) is 66.7 cm³/mol. The summed E-state index contributed by atoms with van der Waals surface area (Å²) in [5, 5.41) is 4.60. The van der Waals surface area contributed by atoms with Gasteiger partial charge in [0, 0.05) is 27.4 Å². The first-order chi connectivity index (χ1) is 7.65. The summed E-state index contributed by atoms with van der Waals surface area (Å²) >= 11 is 7.50. The fraction of sp³-hybridized carbons (Fsp3) is 0.182. The number of nitrogens with zero attached hydrogens (tertiary/aromatic N) is 1. The summed E-state index contributed by atoms with van der Waals surface area (Å²) in [6.45, 7) is 1.87. The van der Waals surface area contributed by atoms with Gasteiger partial charge in [0.05, 0.1) is 5.69 Å². The molecule has 0 unspecified atom stereocenters. The van der Waals surface area contributed by atoms with Crippen molar-refractivity contribution in [3.05, 3.63) is 40.7 Å². The molecule has 1 aromatic heterocycles. The molecule has 1 heterocycles. The topological polar surface area (TPSA) is 52.0 Å². The first kappa shape index (κ1) is 11.4. The standard InChI is InChI=1S/C11H11ClN2OS/c1-7-4-9(14-15-7)6-16-11-5-8(12)2-3-10(11)13/h2-5H,6,13H2,1H3. The van der Waals surface area contributed by atoms with Gasteiger partial charge in [0.15, 0.2) is 0 Å². The van der Waals surface area contributed by atoms with Crippen molar-refractivity contribution in [1.29, 1.82) is 0 Å². The van der Waals surface area contributed by atoms with Gasteiger partial charge in [0.1, 0.15) is 5.76 Å². The van der Waals surface area contributed by atoms with Crippen molar-refractivity contribution in [3.63, 3.8) is 0 Å². The molecule has 1 aromatic carbocycles. The molecule has 0 aliphatic rings. The average Bonchev–Trinajstić information content (AvgIpc) is 2.66. The molecule has 0 saturated carbocycles. The Kier molecular flexibility index (Phi) is 3.41. The normalized spacial score (nSPS) is 10.6. The second-order valence-electron chi connectivity index (χ2n) is 3.40. The van der Waals surface area contributed by atoms with Crippen LogP contribution >= 0.6 is 23.4 Å². The molecule has 84 valence electrons. The Balaban J connectivity index is 2.07. The van der Waals surface area contributed by atoms with Gasteiger partial charge in [-0.3, -0.25) is 0 Å². The summed E-state index contributed by atoms with van der Waals surface area (Å²) in [5.74, 6) is 1.54. The molecule has 2 N–H and O–H groups in total. The van der Waals surface area contributed by atoms with Gasteiger partial charge in [-0.05, 0) is 25.1 Å². The van der Waals surface area contributed by atoms with Gasteiger partial charge in [-0.2, -0.15) is 0 Å². The third-order valence-corrected chi connectivity index (χ3v) is 3.37. The van der Waals surface area contributed by atoms with E-state index >= 15 is 0 Å². The van der Waals surface area contributed by atoms with Gasteiger partial charge in [-0.25, -0.2) is 0 Å². The molecule has 3 nitrogen and oxygen atoms in total. The highest BCUT2D eigenvalue weighted by molar-refractivity contribution is 7.98. The second-order valence-corrected chi connectivity index (χ2v) is 4.85. The van der Waals surface area contributed by atoms with Crippen molar-refractivity contribution in [2.45, 2.75) is 17.6 Å². The number of hydrogen-bond donors (Lipinski definition) is 1. The number of aryl methyl sites for hydroxylation is 1. The van der Waals surface area contributed by atoms with Crippen molar-refractivity contribution in [3.8, 4) is 0 Å². The maximum absolute atomic E-state index is 5.90. The van der Waals surface area contributed by atoms with Crippen LogP contribution in [0.15, 0.2) is 33.7 Å². The number of thioether (sulfide) groups is 1. The van der Waals surface area contributed by atoms with Gasteiger partial charge >= 0.3 is 0 Å². The number of benzene rings is 1. The summed E-state index contributed by atoms with van der Waals surface area (Å²) in [5.41, 5.74) is 7.47. The molecule has 0 aliphatic carbocycles. The fourth-order valence-electron chi connectivity index (χ4n) is 1.27. The van der Waals surface area contributed by atoms with E-state index in [1.807, 2.05) is 19.1 Å². The van der Waals surface area contributed by atoms with E-state index < -0.39 is 0 Å². The number of nitrogens with two attached hydrogens (primary N) is 1. The summed E-state index contributed by atoms with van der Waals surface area (Å²) in [7, 11) is 0. The molecule has 0 fully saturated rings. The lowest BCUT2D eigenvalue weighted by Gasteiger charge is -2.03. The van der Waals surface area contributed by atoms with E-state index in [0.29, 0.717) is 5.02 Å². The minimum Gasteiger partial charge on any atom is -0.398 e. The minimum atomic E-state index is 0.688. The van der Waals surface area contributed by atoms with Crippen molar-refractivity contribution in [2.24, 2.45) is 0 Å². The van der Waals surface area contributed by atoms with Crippen LogP contribution in [-0.2, 0) is 5.75 Å². The molecule has 0 bridgehead atoms. The number of nitrogen functional groups attached to an aromatic ring is 1. The predicted octanol–water partition coefficient (Wildman–Crippen LogP) is 3.51. The molecule has 2 aromatic rings. The fourth-order valence-corrected chi connectivity index (χ4v) is 2.39. The Morgan fingerprint density at radius 2 is 2.25 bits per heavy atom. The lowest BCUT2D eigenvalue weighted by molar-refractivity contribution is 0.393. The molecule has 0 aliphatic heterocycles. The molecule has 0 spiro atoms. The van der Waals surface area contributed by atoms with Crippen LogP contribution in [0.4, 0.5) is 5.69 Å². The smallest absolute Gasteiger partial charge is 0.133 e. The van der Waals surface area contributed by atoms with Crippen molar-refractivity contribution in [1.82, 2.24) is 5.16 Å². The van der Waals surface area contributed by atoms with Crippen LogP contribution in [0.1, 0.15) is 11.5 Å². The molecule has 0 amide bonds. The van der Waals surface area contributed by atoms with E-state index in [4.69, 9.17) is 21.9 Å². The third kappa shape index (κ3) is 2.71. The zero-order valence-corrected chi connectivity index (χ0v) is 10.3. The van der Waals surface area contributed by atoms with Crippen LogP contribution in [0.5, 0.6) is 0 Å². The Hall–Kier alpha value is -1.13. The third-order valence-electron chi connectivity index (χ3n) is 2.03. The van der Waals surface area contributed by atoms with Gasteiger partial charge in [-0.1, -0.05) is 16.8 Å². The number of rotatable bonds is 3. The molecular formula is C11H11ClN2OS. The van der Waals surface area contributed by atoms with Crippen LogP contribution in [0, 0.1) is 6.92 Å². The number of anilines is 1. The molecular weight excluding hydrogens is 244 g/mol. The van der Waals surface area contributed by atoms with Crippen molar-refractivity contribution in [2.75, 3.05) is 5.73 Å². The largest absolute Gasteiger partial charge is 0.398 e. The zero-order chi connectivity index (χ0) is 11.5. The highest BCUT2D eigenvalue weighted by Gasteiger charge is 2.04. The maximum Gasteiger partial charge on any atom is 0.133 e. The Labute approximate surface area is 103 Å². The average molecular weight is 255 g/mol. The second kappa shape index (κ2) is 4.80. The Morgan fingerprint density at radius 3 is 2.94 bits per heavy atom. The summed E-state index contributed by atoms with van der Waals surface area (Å²) in [6.07, 6.45) is 0. The molecule has 2 rings (SSSR count). The van der Waals surface area contributed by atoms with Gasteiger partial charge in [0.2, 0.25) is 0 Å². The van der Waals surface area contributed by atoms with Crippen LogP contribution < -0.4 is 5.73 Å². The van der Waals surface area contributed by atoms with E-state index in [1.54, 1.807) is 23.9 Å². The van der Waals surface area contributed by atoms with Crippen molar-refractivity contribution >= 4 is 29.1 Å². The number of halogens is 1. The summed E-state index contributed by atoms with van der Waals surface area (Å²) in [6, 6.07) is 7.35. The summed E-state index contributed by atoms with van der Waals surface area (Å²) in [4.78, 5) is 0.966. The molecule has 16 heavy (non-hydrogen) atoms. The van der Waals surface area contributed by atoms with Gasteiger partial charge in [-0.15, -0.1) is 11.8 Å². The molecule has 0 radical (unpaired) electrons. The van der Waals surface area contributed by atoms with Crippen molar-refractivity contribution < 1.29 is 4.52 Å². The zero-order valence-electron chi connectivity index (χ0n) is 8.74. The van der Waals surface area contributed by atoms with Gasteiger partial charge in [0.25, 0.3) is 0 Å². The van der Waals surface area contributed by atoms with Crippen LogP contribution in [0.3, 0.4) is 0 Å². The summed E-state index contributed by atoms with van der Waals surface area (Å²) < 4.78 is 4.99. The van der Waals surface area contributed by atoms with E-state index in [-0.39, 0.29) is 0 Å². The first-order valence-electron chi connectivity index (χ1n) is 4.75. The monoisotopic (exact) mass is 254 g/mol. The Morgan fingerprint density at radius 1 is 1.44 bits per heavy atom. The number of aromatic nitrogens is 1. The maximum atomic E-state index is 5.90. The SMILES string of the molecule is Cc1cc(CSc2cc(Cl)ccc2N)no1. The minimum absolute atomic E-state index is 0.688. The highest BCUT2D eigenvalue weighted by atomic mass is 35.5.